The average Bonchev–Trinajstić information content (AvgIpc) is 2.26. The predicted molar refractivity (Wildman–Crippen MR) is 54.1 cm³/mol. The average molecular weight is 206 g/mol. The largest absolute Gasteiger partial charge is 0.477 e. The van der Waals surface area contributed by atoms with Crippen molar-refractivity contribution in [1.29, 1.82) is 0 Å². The van der Waals surface area contributed by atoms with E-state index in [1.54, 1.807) is 30.3 Å². The number of carbonyl (C=O) groups excluding carboxylic acids is 1. The standard InChI is InChI=1S/C11H10O4/c1-15-11(14)9(10(12)13)7-8-5-3-2-4-6-8/h2-7H,1H3,(H,12,13)/b9-7-. The number of carboxylic acids is 1. The molecule has 0 saturated heterocycles. The first-order valence-electron chi connectivity index (χ1n) is 4.23. The number of esters is 1. The van der Waals surface area contributed by atoms with Crippen LogP contribution in [-0.4, -0.2) is 24.2 Å². The number of benzene rings is 1. The number of ether oxygens (including phenoxy) is 1. The van der Waals surface area contributed by atoms with E-state index >= 15 is 0 Å². The van der Waals surface area contributed by atoms with Crippen molar-refractivity contribution in [3.8, 4) is 0 Å². The summed E-state index contributed by atoms with van der Waals surface area (Å²) >= 11 is 0. The van der Waals surface area contributed by atoms with Crippen LogP contribution in [0, 0.1) is 0 Å². The van der Waals surface area contributed by atoms with Gasteiger partial charge >= 0.3 is 11.9 Å². The van der Waals surface area contributed by atoms with Gasteiger partial charge in [-0.05, 0) is 11.6 Å². The van der Waals surface area contributed by atoms with Crippen LogP contribution in [0.15, 0.2) is 35.9 Å². The zero-order valence-electron chi connectivity index (χ0n) is 8.14. The van der Waals surface area contributed by atoms with Crippen molar-refractivity contribution >= 4 is 18.0 Å². The SMILES string of the molecule is COC(=O)/C(=C\c1ccccc1)C(=O)O. The molecule has 0 aliphatic heterocycles. The summed E-state index contributed by atoms with van der Waals surface area (Å²) in [5, 5.41) is 8.77. The molecule has 0 bridgehead atoms. The maximum atomic E-state index is 11.1. The maximum absolute atomic E-state index is 11.1. The third-order valence-electron chi connectivity index (χ3n) is 1.75. The fourth-order valence-corrected chi connectivity index (χ4v) is 1.03. The summed E-state index contributed by atoms with van der Waals surface area (Å²) < 4.78 is 4.36. The summed E-state index contributed by atoms with van der Waals surface area (Å²) in [6.07, 6.45) is 1.27. The summed E-state index contributed by atoms with van der Waals surface area (Å²) in [6.45, 7) is 0. The van der Waals surface area contributed by atoms with E-state index in [2.05, 4.69) is 4.74 Å². The van der Waals surface area contributed by atoms with Crippen molar-refractivity contribution in [2.75, 3.05) is 7.11 Å². The Balaban J connectivity index is 3.05. The number of methoxy groups -OCH3 is 1. The molecule has 0 saturated carbocycles. The van der Waals surface area contributed by atoms with Gasteiger partial charge < -0.3 is 9.84 Å². The van der Waals surface area contributed by atoms with Crippen molar-refractivity contribution in [2.45, 2.75) is 0 Å². The van der Waals surface area contributed by atoms with E-state index in [1.165, 1.54) is 6.08 Å². The molecule has 0 aliphatic carbocycles. The Bertz CT molecular complexity index is 392. The van der Waals surface area contributed by atoms with E-state index in [9.17, 15) is 9.59 Å². The van der Waals surface area contributed by atoms with Gasteiger partial charge in [-0.2, -0.15) is 0 Å². The van der Waals surface area contributed by atoms with E-state index in [1.807, 2.05) is 0 Å². The van der Waals surface area contributed by atoms with Gasteiger partial charge in [-0.3, -0.25) is 0 Å². The maximum Gasteiger partial charge on any atom is 0.345 e. The zero-order valence-corrected chi connectivity index (χ0v) is 8.14. The molecule has 0 amide bonds. The highest BCUT2D eigenvalue weighted by Crippen LogP contribution is 2.08. The minimum atomic E-state index is -1.30. The number of carbonyl (C=O) groups is 2. The van der Waals surface area contributed by atoms with E-state index in [-0.39, 0.29) is 5.57 Å². The van der Waals surface area contributed by atoms with Crippen molar-refractivity contribution < 1.29 is 19.4 Å². The van der Waals surface area contributed by atoms with Crippen molar-refractivity contribution in [3.05, 3.63) is 41.5 Å². The quantitative estimate of drug-likeness (QED) is 0.350. The molecule has 1 aromatic carbocycles. The van der Waals surface area contributed by atoms with Crippen LogP contribution in [0.4, 0.5) is 0 Å². The molecule has 4 heteroatoms. The van der Waals surface area contributed by atoms with Gasteiger partial charge in [0.1, 0.15) is 5.57 Å². The normalized spacial score (nSPS) is 10.9. The van der Waals surface area contributed by atoms with Gasteiger partial charge in [0.2, 0.25) is 0 Å². The van der Waals surface area contributed by atoms with Gasteiger partial charge in [-0.1, -0.05) is 30.3 Å². The first-order chi connectivity index (χ1) is 7.15. The van der Waals surface area contributed by atoms with Crippen LogP contribution in [0.1, 0.15) is 5.56 Å². The van der Waals surface area contributed by atoms with Crippen LogP contribution in [0.25, 0.3) is 6.08 Å². The molecule has 0 radical (unpaired) electrons. The third kappa shape index (κ3) is 2.95. The molecule has 0 spiro atoms. The number of rotatable bonds is 3. The molecule has 1 rings (SSSR count). The first kappa shape index (κ1) is 11.0. The second-order valence-electron chi connectivity index (χ2n) is 2.77. The predicted octanol–water partition coefficient (Wildman–Crippen LogP) is 1.33. The molecule has 1 aromatic rings. The Morgan fingerprint density at radius 2 is 1.87 bits per heavy atom. The number of hydrogen-bond donors (Lipinski definition) is 1. The lowest BCUT2D eigenvalue weighted by Crippen LogP contribution is -2.13. The Labute approximate surface area is 86.8 Å². The molecular formula is C11H10O4. The van der Waals surface area contributed by atoms with Crippen LogP contribution >= 0.6 is 0 Å². The molecule has 4 nitrogen and oxygen atoms in total. The highest BCUT2D eigenvalue weighted by Gasteiger charge is 2.17. The van der Waals surface area contributed by atoms with Gasteiger partial charge in [-0.15, -0.1) is 0 Å². The molecule has 15 heavy (non-hydrogen) atoms. The number of hydrogen-bond acceptors (Lipinski definition) is 3. The lowest BCUT2D eigenvalue weighted by Gasteiger charge is -1.99. The molecule has 0 unspecified atom stereocenters. The second-order valence-corrected chi connectivity index (χ2v) is 2.77. The van der Waals surface area contributed by atoms with Gasteiger partial charge in [0.15, 0.2) is 0 Å². The van der Waals surface area contributed by atoms with Crippen molar-refractivity contribution in [1.82, 2.24) is 0 Å². The molecule has 0 aliphatic rings. The van der Waals surface area contributed by atoms with Gasteiger partial charge in [0.05, 0.1) is 7.11 Å². The second kappa shape index (κ2) is 4.95. The first-order valence-corrected chi connectivity index (χ1v) is 4.23. The summed E-state index contributed by atoms with van der Waals surface area (Å²) in [6, 6.07) is 8.71. The molecular weight excluding hydrogens is 196 g/mol. The van der Waals surface area contributed by atoms with E-state index < -0.39 is 11.9 Å². The van der Waals surface area contributed by atoms with E-state index in [0.717, 1.165) is 7.11 Å². The van der Waals surface area contributed by atoms with Crippen LogP contribution in [0.5, 0.6) is 0 Å². The van der Waals surface area contributed by atoms with Crippen LogP contribution in [0.2, 0.25) is 0 Å². The summed E-state index contributed by atoms with van der Waals surface area (Å²) in [5.74, 6) is -2.16. The topological polar surface area (TPSA) is 63.6 Å². The Hall–Kier alpha value is -2.10. The molecule has 78 valence electrons. The summed E-state index contributed by atoms with van der Waals surface area (Å²) in [7, 11) is 1.14. The lowest BCUT2D eigenvalue weighted by atomic mass is 10.1. The fourth-order valence-electron chi connectivity index (χ4n) is 1.03. The Kier molecular flexibility index (Phi) is 3.62. The summed E-state index contributed by atoms with van der Waals surface area (Å²) in [4.78, 5) is 21.8. The minimum Gasteiger partial charge on any atom is -0.477 e. The van der Waals surface area contributed by atoms with Gasteiger partial charge in [0.25, 0.3) is 0 Å². The third-order valence-corrected chi connectivity index (χ3v) is 1.75. The van der Waals surface area contributed by atoms with Crippen LogP contribution < -0.4 is 0 Å². The highest BCUT2D eigenvalue weighted by atomic mass is 16.5. The van der Waals surface area contributed by atoms with E-state index in [4.69, 9.17) is 5.11 Å². The fraction of sp³-hybridized carbons (Fsp3) is 0.0909. The van der Waals surface area contributed by atoms with Crippen LogP contribution in [-0.2, 0) is 14.3 Å². The van der Waals surface area contributed by atoms with Crippen molar-refractivity contribution in [3.63, 3.8) is 0 Å². The van der Waals surface area contributed by atoms with Crippen molar-refractivity contribution in [2.24, 2.45) is 0 Å². The monoisotopic (exact) mass is 206 g/mol. The Morgan fingerprint density at radius 3 is 2.33 bits per heavy atom. The molecule has 0 fully saturated rings. The molecule has 1 N–H and O–H groups in total. The molecule has 0 heterocycles. The summed E-state index contributed by atoms with van der Waals surface area (Å²) in [5.41, 5.74) is 0.254. The number of carboxylic acid groups (broad SMARTS) is 1. The Morgan fingerprint density at radius 1 is 1.27 bits per heavy atom. The van der Waals surface area contributed by atoms with Crippen LogP contribution in [0.3, 0.4) is 0 Å². The smallest absolute Gasteiger partial charge is 0.345 e. The van der Waals surface area contributed by atoms with Gasteiger partial charge in [0, 0.05) is 0 Å². The minimum absolute atomic E-state index is 0.385. The zero-order chi connectivity index (χ0) is 11.3. The number of aliphatic carboxylic acids is 1. The van der Waals surface area contributed by atoms with E-state index in [0.29, 0.717) is 5.56 Å². The molecule has 0 aromatic heterocycles. The van der Waals surface area contributed by atoms with Gasteiger partial charge in [-0.25, -0.2) is 9.59 Å². The lowest BCUT2D eigenvalue weighted by molar-refractivity contribution is -0.142. The highest BCUT2D eigenvalue weighted by molar-refractivity contribution is 6.16. The molecule has 0 atom stereocenters.